The first kappa shape index (κ1) is 17.7. The molecule has 5 nitrogen and oxygen atoms in total. The topological polar surface area (TPSA) is 73.3 Å². The molecule has 2 aromatic carbocycles. The molecule has 0 bridgehead atoms. The van der Waals surface area contributed by atoms with Crippen molar-refractivity contribution in [1.29, 1.82) is 0 Å². The maximum Gasteiger partial charge on any atom is 0.125 e. The molecule has 1 aromatic heterocycles. The third-order valence-corrected chi connectivity index (χ3v) is 4.27. The summed E-state index contributed by atoms with van der Waals surface area (Å²) >= 11 is 0. The Morgan fingerprint density at radius 3 is 2.58 bits per heavy atom. The fourth-order valence-corrected chi connectivity index (χ4v) is 2.84. The van der Waals surface area contributed by atoms with E-state index in [1.807, 2.05) is 36.4 Å². The number of benzene rings is 2. The molecule has 0 spiro atoms. The summed E-state index contributed by atoms with van der Waals surface area (Å²) in [6.45, 7) is 9.99. The van der Waals surface area contributed by atoms with Gasteiger partial charge in [0.25, 0.3) is 0 Å². The van der Waals surface area contributed by atoms with Gasteiger partial charge < -0.3 is 10.1 Å². The number of nitrogens with one attached hydrogen (secondary N) is 2. The molecule has 3 aromatic rings. The number of aliphatic hydroxyl groups excluding tert-OH is 1. The van der Waals surface area contributed by atoms with Crippen molar-refractivity contribution in [2.75, 3.05) is 0 Å². The van der Waals surface area contributed by atoms with Gasteiger partial charge in [0.05, 0.1) is 17.5 Å². The van der Waals surface area contributed by atoms with Gasteiger partial charge in [0.2, 0.25) is 0 Å². The van der Waals surface area contributed by atoms with Crippen LogP contribution in [0.5, 0.6) is 0 Å². The molecule has 0 aliphatic rings. The van der Waals surface area contributed by atoms with Gasteiger partial charge in [0.1, 0.15) is 17.3 Å². The van der Waals surface area contributed by atoms with Crippen molar-refractivity contribution in [1.82, 2.24) is 15.4 Å². The molecule has 0 amide bonds. The van der Waals surface area contributed by atoms with E-state index in [9.17, 15) is 5.11 Å². The van der Waals surface area contributed by atoms with Gasteiger partial charge in [-0.1, -0.05) is 57.2 Å². The van der Waals surface area contributed by atoms with Crippen LogP contribution in [-0.4, -0.2) is 21.8 Å². The average Bonchev–Trinajstić information content (AvgIpc) is 3.00. The molecule has 1 heterocycles. The van der Waals surface area contributed by atoms with Crippen LogP contribution in [0.1, 0.15) is 37.7 Å². The molecule has 0 aliphatic heterocycles. The van der Waals surface area contributed by atoms with E-state index in [4.69, 9.17) is 0 Å². The summed E-state index contributed by atoms with van der Waals surface area (Å²) in [6.07, 6.45) is 0.270. The van der Waals surface area contributed by atoms with Crippen LogP contribution in [0.15, 0.2) is 59.4 Å². The zero-order valence-electron chi connectivity index (χ0n) is 15.4. The fourth-order valence-electron chi connectivity index (χ4n) is 2.84. The number of hydrogen-bond acceptors (Lipinski definition) is 4. The summed E-state index contributed by atoms with van der Waals surface area (Å²) in [7, 11) is 0. The van der Waals surface area contributed by atoms with E-state index in [1.165, 1.54) is 5.56 Å². The lowest BCUT2D eigenvalue weighted by Gasteiger charge is -2.18. The van der Waals surface area contributed by atoms with Gasteiger partial charge >= 0.3 is 0 Å². The summed E-state index contributed by atoms with van der Waals surface area (Å²) in [5.74, 6) is 0.849. The van der Waals surface area contributed by atoms with Crippen LogP contribution in [0.4, 0.5) is 0 Å². The van der Waals surface area contributed by atoms with E-state index < -0.39 is 0 Å². The van der Waals surface area contributed by atoms with E-state index in [0.29, 0.717) is 11.5 Å². The molecule has 134 valence electrons. The summed E-state index contributed by atoms with van der Waals surface area (Å²) in [5, 5.41) is 14.3. The number of allylic oxidation sites excluding steroid dienone is 1. The molecular weight excluding hydrogens is 324 g/mol. The Morgan fingerprint density at radius 1 is 1.19 bits per heavy atom. The molecule has 0 saturated heterocycles. The van der Waals surface area contributed by atoms with Gasteiger partial charge in [-0.05, 0) is 23.1 Å². The molecule has 0 unspecified atom stereocenters. The second kappa shape index (κ2) is 7.04. The molecule has 3 N–H and O–H groups in total. The number of fused-ring (bicyclic) bond motifs is 1. The summed E-state index contributed by atoms with van der Waals surface area (Å²) in [6, 6.07) is 15.8. The predicted octanol–water partition coefficient (Wildman–Crippen LogP) is 4.53. The Kier molecular flexibility index (Phi) is 4.80. The molecule has 0 fully saturated rings. The minimum atomic E-state index is 0.0710. The van der Waals surface area contributed by atoms with Crippen LogP contribution in [-0.2, 0) is 11.8 Å². The van der Waals surface area contributed by atoms with Gasteiger partial charge in [0.15, 0.2) is 0 Å². The van der Waals surface area contributed by atoms with Gasteiger partial charge in [-0.25, -0.2) is 4.98 Å². The Bertz CT molecular complexity index is 949. The van der Waals surface area contributed by atoms with E-state index in [-0.39, 0.29) is 17.6 Å². The molecule has 0 atom stereocenters. The standard InChI is InChI=1S/C21H24N4O/c1-21(2,3)15-10-11-16-17(12-15)24-19(23-16)13-18(26)20(25-22-4)14-8-6-5-7-9-14/h5-12,25-26H,4,13H2,1-3H3,(H,23,24)/b20-18+. The number of hydrazone groups is 1. The normalized spacial score (nSPS) is 12.7. The van der Waals surface area contributed by atoms with Crippen molar-refractivity contribution in [2.45, 2.75) is 32.6 Å². The highest BCUT2D eigenvalue weighted by Gasteiger charge is 2.16. The first-order valence-corrected chi connectivity index (χ1v) is 8.57. The highest BCUT2D eigenvalue weighted by Crippen LogP contribution is 2.26. The Labute approximate surface area is 153 Å². The highest BCUT2D eigenvalue weighted by molar-refractivity contribution is 5.76. The lowest BCUT2D eigenvalue weighted by molar-refractivity contribution is 0.396. The number of aromatic nitrogens is 2. The van der Waals surface area contributed by atoms with Crippen LogP contribution < -0.4 is 5.43 Å². The highest BCUT2D eigenvalue weighted by atomic mass is 16.3. The monoisotopic (exact) mass is 348 g/mol. The molecular formula is C21H24N4O. The minimum Gasteiger partial charge on any atom is -0.510 e. The number of rotatable bonds is 5. The lowest BCUT2D eigenvalue weighted by Crippen LogP contribution is -2.10. The van der Waals surface area contributed by atoms with Crippen LogP contribution in [0.2, 0.25) is 0 Å². The molecule has 0 radical (unpaired) electrons. The van der Waals surface area contributed by atoms with Crippen LogP contribution in [0, 0.1) is 0 Å². The van der Waals surface area contributed by atoms with Crippen molar-refractivity contribution in [2.24, 2.45) is 5.10 Å². The van der Waals surface area contributed by atoms with Gasteiger partial charge in [-0.3, -0.25) is 5.43 Å². The van der Waals surface area contributed by atoms with Gasteiger partial charge in [-0.2, -0.15) is 5.10 Å². The van der Waals surface area contributed by atoms with Crippen molar-refractivity contribution in [3.8, 4) is 0 Å². The van der Waals surface area contributed by atoms with E-state index in [0.717, 1.165) is 16.6 Å². The van der Waals surface area contributed by atoms with E-state index in [2.05, 4.69) is 60.1 Å². The Hall–Kier alpha value is -3.08. The fraction of sp³-hybridized carbons (Fsp3) is 0.238. The SMILES string of the molecule is C=NN/C(=C(/O)Cc1nc2ccc(C(C)(C)C)cc2[nH]1)c1ccccc1. The van der Waals surface area contributed by atoms with Crippen LogP contribution in [0.25, 0.3) is 16.7 Å². The van der Waals surface area contributed by atoms with E-state index >= 15 is 0 Å². The molecule has 0 aliphatic carbocycles. The number of nitrogens with zero attached hydrogens (tertiary/aromatic N) is 2. The Balaban J connectivity index is 1.94. The smallest absolute Gasteiger partial charge is 0.125 e. The van der Waals surface area contributed by atoms with Crippen molar-refractivity contribution in [3.63, 3.8) is 0 Å². The first-order valence-electron chi connectivity index (χ1n) is 8.57. The third-order valence-electron chi connectivity index (χ3n) is 4.27. The zero-order valence-corrected chi connectivity index (χ0v) is 15.4. The second-order valence-corrected chi connectivity index (χ2v) is 7.30. The number of H-pyrrole nitrogens is 1. The average molecular weight is 348 g/mol. The summed E-state index contributed by atoms with van der Waals surface area (Å²) in [4.78, 5) is 7.90. The lowest BCUT2D eigenvalue weighted by atomic mass is 9.87. The van der Waals surface area contributed by atoms with Crippen molar-refractivity contribution < 1.29 is 5.11 Å². The van der Waals surface area contributed by atoms with Gasteiger partial charge in [-0.15, -0.1) is 0 Å². The van der Waals surface area contributed by atoms with Crippen molar-refractivity contribution >= 4 is 23.4 Å². The van der Waals surface area contributed by atoms with Crippen LogP contribution >= 0.6 is 0 Å². The van der Waals surface area contributed by atoms with Crippen LogP contribution in [0.3, 0.4) is 0 Å². The molecule has 3 rings (SSSR count). The largest absolute Gasteiger partial charge is 0.510 e. The third kappa shape index (κ3) is 3.77. The number of hydrogen-bond donors (Lipinski definition) is 3. The predicted molar refractivity (Wildman–Crippen MR) is 107 cm³/mol. The number of aliphatic hydroxyl groups is 1. The quantitative estimate of drug-likeness (QED) is 0.360. The Morgan fingerprint density at radius 2 is 1.92 bits per heavy atom. The van der Waals surface area contributed by atoms with Gasteiger partial charge in [0, 0.05) is 12.3 Å². The molecule has 5 heteroatoms. The zero-order chi connectivity index (χ0) is 18.7. The second-order valence-electron chi connectivity index (χ2n) is 7.30. The number of imidazole rings is 1. The maximum atomic E-state index is 10.6. The van der Waals surface area contributed by atoms with E-state index in [1.54, 1.807) is 0 Å². The molecule has 26 heavy (non-hydrogen) atoms. The minimum absolute atomic E-state index is 0.0710. The van der Waals surface area contributed by atoms with Crippen molar-refractivity contribution in [3.05, 3.63) is 71.2 Å². The first-order chi connectivity index (χ1) is 12.4. The summed E-state index contributed by atoms with van der Waals surface area (Å²) < 4.78 is 0. The number of aromatic amines is 1. The maximum absolute atomic E-state index is 10.6. The molecule has 0 saturated carbocycles. The summed E-state index contributed by atoms with van der Waals surface area (Å²) in [5.41, 5.74) is 7.31.